The van der Waals surface area contributed by atoms with Crippen LogP contribution < -0.4 is 10.6 Å². The summed E-state index contributed by atoms with van der Waals surface area (Å²) in [6.07, 6.45) is 3.40. The van der Waals surface area contributed by atoms with Gasteiger partial charge in [0, 0.05) is 10.9 Å². The molecule has 0 spiro atoms. The molecular weight excluding hydrogens is 374 g/mol. The van der Waals surface area contributed by atoms with Gasteiger partial charge >= 0.3 is 0 Å². The number of oxazole rings is 1. The maximum atomic E-state index is 12.9. The number of halogens is 1. The van der Waals surface area contributed by atoms with Crippen LogP contribution in [0.2, 0.25) is 5.02 Å². The minimum absolute atomic E-state index is 0.257. The van der Waals surface area contributed by atoms with Crippen LogP contribution in [0.3, 0.4) is 0 Å². The maximum absolute atomic E-state index is 12.9. The monoisotopic (exact) mass is 395 g/mol. The zero-order valence-corrected chi connectivity index (χ0v) is 16.2. The second kappa shape index (κ2) is 8.59. The Morgan fingerprint density at radius 3 is 2.46 bits per heavy atom. The summed E-state index contributed by atoms with van der Waals surface area (Å²) in [6.45, 7) is 1.89. The predicted molar refractivity (Wildman–Crippen MR) is 109 cm³/mol. The minimum Gasteiger partial charge on any atom is -0.448 e. The fourth-order valence-corrected chi connectivity index (χ4v) is 3.64. The van der Waals surface area contributed by atoms with Crippen LogP contribution in [0.1, 0.15) is 52.3 Å². The standard InChI is InChI=1S/C22H22ClN3O2/c23-18-8-6-16(7-9-18)20(15-4-2-1-3-5-15)26-21(27)19-14-28-22(25-19)17-10-12-24-13-11-17/h1-9,14,17,20,24H,10-13H2,(H,26,27). The van der Waals surface area contributed by atoms with E-state index >= 15 is 0 Å². The molecule has 0 saturated carbocycles. The summed E-state index contributed by atoms with van der Waals surface area (Å²) in [5, 5.41) is 7.06. The van der Waals surface area contributed by atoms with E-state index in [1.54, 1.807) is 0 Å². The number of nitrogens with one attached hydrogen (secondary N) is 2. The summed E-state index contributed by atoms with van der Waals surface area (Å²) < 4.78 is 5.62. The lowest BCUT2D eigenvalue weighted by molar-refractivity contribution is 0.0938. The summed E-state index contributed by atoms with van der Waals surface area (Å²) in [7, 11) is 0. The lowest BCUT2D eigenvalue weighted by Gasteiger charge is -2.20. The number of hydrogen-bond donors (Lipinski definition) is 2. The predicted octanol–water partition coefficient (Wildman–Crippen LogP) is 4.31. The number of carbonyl (C=O) groups is 1. The van der Waals surface area contributed by atoms with Crippen molar-refractivity contribution in [3.05, 3.63) is 88.6 Å². The molecule has 1 saturated heterocycles. The van der Waals surface area contributed by atoms with E-state index < -0.39 is 0 Å². The van der Waals surface area contributed by atoms with Gasteiger partial charge in [-0.15, -0.1) is 0 Å². The molecule has 1 fully saturated rings. The van der Waals surface area contributed by atoms with E-state index in [9.17, 15) is 4.79 Å². The molecule has 2 N–H and O–H groups in total. The van der Waals surface area contributed by atoms with Crippen LogP contribution >= 0.6 is 11.6 Å². The Kier molecular flexibility index (Phi) is 5.74. The Hall–Kier alpha value is -2.63. The molecule has 4 rings (SSSR count). The third-order valence-corrected chi connectivity index (χ3v) is 5.31. The van der Waals surface area contributed by atoms with Gasteiger partial charge in [0.25, 0.3) is 5.91 Å². The van der Waals surface area contributed by atoms with E-state index in [2.05, 4.69) is 15.6 Å². The van der Waals surface area contributed by atoms with Crippen molar-refractivity contribution in [3.8, 4) is 0 Å². The molecule has 0 bridgehead atoms. The molecule has 2 aromatic carbocycles. The summed E-state index contributed by atoms with van der Waals surface area (Å²) >= 11 is 6.03. The van der Waals surface area contributed by atoms with E-state index in [0.717, 1.165) is 37.1 Å². The van der Waals surface area contributed by atoms with E-state index in [0.29, 0.717) is 16.6 Å². The first-order valence-corrected chi connectivity index (χ1v) is 9.86. The summed E-state index contributed by atoms with van der Waals surface area (Å²) in [4.78, 5) is 17.4. The van der Waals surface area contributed by atoms with Crippen molar-refractivity contribution in [2.24, 2.45) is 0 Å². The topological polar surface area (TPSA) is 67.2 Å². The van der Waals surface area contributed by atoms with Crippen molar-refractivity contribution in [1.29, 1.82) is 0 Å². The number of nitrogens with zero attached hydrogens (tertiary/aromatic N) is 1. The molecule has 2 heterocycles. The van der Waals surface area contributed by atoms with Crippen LogP contribution in [-0.2, 0) is 0 Å². The van der Waals surface area contributed by atoms with Crippen LogP contribution in [0.25, 0.3) is 0 Å². The third-order valence-electron chi connectivity index (χ3n) is 5.05. The smallest absolute Gasteiger partial charge is 0.273 e. The van der Waals surface area contributed by atoms with Gasteiger partial charge in [-0.05, 0) is 49.2 Å². The van der Waals surface area contributed by atoms with Crippen LogP contribution in [-0.4, -0.2) is 24.0 Å². The number of benzene rings is 2. The molecule has 0 aliphatic carbocycles. The molecule has 1 amide bonds. The van der Waals surface area contributed by atoms with E-state index in [1.807, 2.05) is 54.6 Å². The molecule has 6 heteroatoms. The van der Waals surface area contributed by atoms with Gasteiger partial charge in [-0.2, -0.15) is 0 Å². The largest absolute Gasteiger partial charge is 0.448 e. The first-order valence-electron chi connectivity index (χ1n) is 9.48. The highest BCUT2D eigenvalue weighted by atomic mass is 35.5. The molecule has 144 valence electrons. The number of amides is 1. The van der Waals surface area contributed by atoms with Crippen molar-refractivity contribution in [2.45, 2.75) is 24.8 Å². The fraction of sp³-hybridized carbons (Fsp3) is 0.273. The van der Waals surface area contributed by atoms with Gasteiger partial charge in [-0.25, -0.2) is 4.98 Å². The number of rotatable bonds is 5. The molecule has 1 atom stereocenters. The average molecular weight is 396 g/mol. The number of hydrogen-bond acceptors (Lipinski definition) is 4. The Bertz CT molecular complexity index is 918. The Balaban J connectivity index is 1.55. The lowest BCUT2D eigenvalue weighted by atomic mass is 9.98. The summed E-state index contributed by atoms with van der Waals surface area (Å²) in [6, 6.07) is 17.0. The summed E-state index contributed by atoms with van der Waals surface area (Å²) in [5.41, 5.74) is 2.25. The van der Waals surface area contributed by atoms with E-state index in [-0.39, 0.29) is 17.9 Å². The van der Waals surface area contributed by atoms with Gasteiger partial charge in [0.1, 0.15) is 6.26 Å². The van der Waals surface area contributed by atoms with Gasteiger partial charge in [0.2, 0.25) is 0 Å². The normalized spacial score (nSPS) is 15.9. The van der Waals surface area contributed by atoms with Crippen molar-refractivity contribution >= 4 is 17.5 Å². The van der Waals surface area contributed by atoms with Crippen LogP contribution in [0.5, 0.6) is 0 Å². The number of piperidine rings is 1. The zero-order valence-electron chi connectivity index (χ0n) is 15.4. The third kappa shape index (κ3) is 4.26. The van der Waals surface area contributed by atoms with Crippen LogP contribution in [0.15, 0.2) is 65.3 Å². The quantitative estimate of drug-likeness (QED) is 0.675. The first-order chi connectivity index (χ1) is 13.7. The highest BCUT2D eigenvalue weighted by Crippen LogP contribution is 2.26. The average Bonchev–Trinajstić information content (AvgIpc) is 3.24. The highest BCUT2D eigenvalue weighted by molar-refractivity contribution is 6.30. The zero-order chi connectivity index (χ0) is 19.3. The molecule has 5 nitrogen and oxygen atoms in total. The molecule has 28 heavy (non-hydrogen) atoms. The molecule has 0 radical (unpaired) electrons. The molecule has 1 aromatic heterocycles. The van der Waals surface area contributed by atoms with Crippen molar-refractivity contribution in [2.75, 3.05) is 13.1 Å². The van der Waals surface area contributed by atoms with Crippen molar-refractivity contribution in [3.63, 3.8) is 0 Å². The SMILES string of the molecule is O=C(NC(c1ccccc1)c1ccc(Cl)cc1)c1coc(C2CCNCC2)n1. The highest BCUT2D eigenvalue weighted by Gasteiger charge is 2.24. The minimum atomic E-state index is -0.301. The first kappa shape index (κ1) is 18.7. The molecule has 1 aliphatic heterocycles. The van der Waals surface area contributed by atoms with Crippen LogP contribution in [0, 0.1) is 0 Å². The van der Waals surface area contributed by atoms with Crippen molar-refractivity contribution < 1.29 is 9.21 Å². The molecule has 3 aromatic rings. The number of aromatic nitrogens is 1. The van der Waals surface area contributed by atoms with E-state index in [1.165, 1.54) is 6.26 Å². The van der Waals surface area contributed by atoms with Crippen LogP contribution in [0.4, 0.5) is 0 Å². The number of carbonyl (C=O) groups excluding carboxylic acids is 1. The molecular formula is C22H22ClN3O2. The van der Waals surface area contributed by atoms with E-state index in [4.69, 9.17) is 16.0 Å². The van der Waals surface area contributed by atoms with Gasteiger partial charge in [-0.3, -0.25) is 4.79 Å². The Morgan fingerprint density at radius 2 is 1.75 bits per heavy atom. The van der Waals surface area contributed by atoms with Gasteiger partial charge in [0.15, 0.2) is 11.6 Å². The molecule has 1 unspecified atom stereocenters. The molecule has 1 aliphatic rings. The van der Waals surface area contributed by atoms with Crippen molar-refractivity contribution in [1.82, 2.24) is 15.6 Å². The second-order valence-corrected chi connectivity index (χ2v) is 7.40. The fourth-order valence-electron chi connectivity index (χ4n) is 3.51. The second-order valence-electron chi connectivity index (χ2n) is 6.96. The lowest BCUT2D eigenvalue weighted by Crippen LogP contribution is -2.30. The van der Waals surface area contributed by atoms with Gasteiger partial charge in [0.05, 0.1) is 6.04 Å². The van der Waals surface area contributed by atoms with Gasteiger partial charge in [-0.1, -0.05) is 54.1 Å². The Labute approximate surface area is 169 Å². The summed E-state index contributed by atoms with van der Waals surface area (Å²) in [5.74, 6) is 0.658. The maximum Gasteiger partial charge on any atom is 0.273 e. The Morgan fingerprint density at radius 1 is 1.07 bits per heavy atom. The van der Waals surface area contributed by atoms with Gasteiger partial charge < -0.3 is 15.1 Å².